The molecule has 2 rings (SSSR count). The number of benzene rings is 2. The summed E-state index contributed by atoms with van der Waals surface area (Å²) in [6, 6.07) is 12.0. The number of carbonyl (C=O) groups is 1. The maximum atomic E-state index is 13.1. The molecule has 0 aliphatic rings. The van der Waals surface area contributed by atoms with Crippen LogP contribution in [-0.4, -0.2) is 5.91 Å². The maximum Gasteiger partial charge on any atom is 0.252 e. The lowest BCUT2D eigenvalue weighted by Gasteiger charge is -2.17. The van der Waals surface area contributed by atoms with Crippen LogP contribution in [0.3, 0.4) is 0 Å². The largest absolute Gasteiger partial charge is 0.346 e. The Kier molecular flexibility index (Phi) is 4.18. The molecule has 2 aromatic rings. The van der Waals surface area contributed by atoms with E-state index in [0.717, 1.165) is 11.1 Å². The van der Waals surface area contributed by atoms with Crippen molar-refractivity contribution in [2.45, 2.75) is 26.8 Å². The van der Waals surface area contributed by atoms with E-state index < -0.39 is 0 Å². The van der Waals surface area contributed by atoms with Gasteiger partial charge in [-0.2, -0.15) is 0 Å². The van der Waals surface area contributed by atoms with Crippen LogP contribution in [-0.2, 0) is 0 Å². The SMILES string of the molecule is Cc1cc(F)ccc1C(=O)NC(C)c1ccccc1C. The molecule has 1 amide bonds. The van der Waals surface area contributed by atoms with Crippen molar-refractivity contribution in [1.82, 2.24) is 5.32 Å². The highest BCUT2D eigenvalue weighted by Crippen LogP contribution is 2.18. The van der Waals surface area contributed by atoms with Gasteiger partial charge in [-0.25, -0.2) is 4.39 Å². The van der Waals surface area contributed by atoms with Crippen molar-refractivity contribution in [1.29, 1.82) is 0 Å². The van der Waals surface area contributed by atoms with E-state index in [2.05, 4.69) is 5.32 Å². The molecule has 2 aromatic carbocycles. The van der Waals surface area contributed by atoms with Gasteiger partial charge in [0.1, 0.15) is 5.82 Å². The number of amides is 1. The zero-order valence-electron chi connectivity index (χ0n) is 11.9. The number of nitrogens with one attached hydrogen (secondary N) is 1. The molecule has 20 heavy (non-hydrogen) atoms. The fraction of sp³-hybridized carbons (Fsp3) is 0.235. The first kappa shape index (κ1) is 14.3. The van der Waals surface area contributed by atoms with Gasteiger partial charge in [0.2, 0.25) is 0 Å². The van der Waals surface area contributed by atoms with Crippen LogP contribution in [0.1, 0.15) is 40.0 Å². The normalized spacial score (nSPS) is 12.0. The van der Waals surface area contributed by atoms with Crippen molar-refractivity contribution in [2.24, 2.45) is 0 Å². The Balaban J connectivity index is 2.17. The van der Waals surface area contributed by atoms with Crippen molar-refractivity contribution in [3.63, 3.8) is 0 Å². The van der Waals surface area contributed by atoms with Crippen LogP contribution in [0, 0.1) is 19.7 Å². The second kappa shape index (κ2) is 5.87. The Labute approximate surface area is 118 Å². The minimum atomic E-state index is -0.328. The summed E-state index contributed by atoms with van der Waals surface area (Å²) in [5.41, 5.74) is 3.36. The predicted molar refractivity (Wildman–Crippen MR) is 78.2 cm³/mol. The topological polar surface area (TPSA) is 29.1 Å². The Morgan fingerprint density at radius 3 is 2.45 bits per heavy atom. The fourth-order valence-electron chi connectivity index (χ4n) is 2.31. The summed E-state index contributed by atoms with van der Waals surface area (Å²) in [7, 11) is 0. The highest BCUT2D eigenvalue weighted by Gasteiger charge is 2.14. The Morgan fingerprint density at radius 1 is 1.10 bits per heavy atom. The van der Waals surface area contributed by atoms with Gasteiger partial charge in [0.25, 0.3) is 5.91 Å². The molecule has 0 saturated heterocycles. The summed E-state index contributed by atoms with van der Waals surface area (Å²) in [5.74, 6) is -0.510. The number of rotatable bonds is 3. The van der Waals surface area contributed by atoms with Crippen molar-refractivity contribution < 1.29 is 9.18 Å². The third-order valence-corrected chi connectivity index (χ3v) is 3.44. The zero-order chi connectivity index (χ0) is 14.7. The smallest absolute Gasteiger partial charge is 0.252 e. The monoisotopic (exact) mass is 271 g/mol. The van der Waals surface area contributed by atoms with Gasteiger partial charge in [0, 0.05) is 5.56 Å². The van der Waals surface area contributed by atoms with Gasteiger partial charge in [0.15, 0.2) is 0 Å². The first-order chi connectivity index (χ1) is 9.49. The van der Waals surface area contributed by atoms with E-state index in [9.17, 15) is 9.18 Å². The van der Waals surface area contributed by atoms with E-state index >= 15 is 0 Å². The molecule has 0 heterocycles. The minimum Gasteiger partial charge on any atom is -0.346 e. The van der Waals surface area contributed by atoms with Crippen LogP contribution >= 0.6 is 0 Å². The molecular weight excluding hydrogens is 253 g/mol. The average molecular weight is 271 g/mol. The van der Waals surface area contributed by atoms with E-state index in [1.807, 2.05) is 38.1 Å². The minimum absolute atomic E-state index is 0.0897. The second-order valence-electron chi connectivity index (χ2n) is 5.01. The van der Waals surface area contributed by atoms with Gasteiger partial charge in [0.05, 0.1) is 6.04 Å². The van der Waals surface area contributed by atoms with E-state index in [1.165, 1.54) is 18.2 Å². The standard InChI is InChI=1S/C17H18FNO/c1-11-6-4-5-7-15(11)13(3)19-17(20)16-9-8-14(18)10-12(16)2/h4-10,13H,1-3H3,(H,19,20). The third-order valence-electron chi connectivity index (χ3n) is 3.44. The molecule has 2 nitrogen and oxygen atoms in total. The molecule has 0 saturated carbocycles. The first-order valence-electron chi connectivity index (χ1n) is 6.61. The molecule has 1 N–H and O–H groups in total. The number of carbonyl (C=O) groups excluding carboxylic acids is 1. The number of hydrogen-bond donors (Lipinski definition) is 1. The summed E-state index contributed by atoms with van der Waals surface area (Å²) < 4.78 is 13.1. The maximum absolute atomic E-state index is 13.1. The summed E-state index contributed by atoms with van der Waals surface area (Å²) in [6.07, 6.45) is 0. The van der Waals surface area contributed by atoms with Gasteiger partial charge in [-0.05, 0) is 55.7 Å². The molecule has 0 aliphatic carbocycles. The highest BCUT2D eigenvalue weighted by molar-refractivity contribution is 5.95. The van der Waals surface area contributed by atoms with Crippen LogP contribution in [0.2, 0.25) is 0 Å². The lowest BCUT2D eigenvalue weighted by molar-refractivity contribution is 0.0939. The summed E-state index contributed by atoms with van der Waals surface area (Å²) in [5, 5.41) is 2.95. The Morgan fingerprint density at radius 2 is 1.80 bits per heavy atom. The molecule has 104 valence electrons. The number of hydrogen-bond acceptors (Lipinski definition) is 1. The van der Waals surface area contributed by atoms with E-state index in [-0.39, 0.29) is 17.8 Å². The van der Waals surface area contributed by atoms with Gasteiger partial charge in [-0.1, -0.05) is 24.3 Å². The van der Waals surface area contributed by atoms with Gasteiger partial charge < -0.3 is 5.32 Å². The molecule has 0 spiro atoms. The predicted octanol–water partition coefficient (Wildman–Crippen LogP) is 3.93. The fourth-order valence-corrected chi connectivity index (χ4v) is 2.31. The van der Waals surface area contributed by atoms with Gasteiger partial charge >= 0.3 is 0 Å². The summed E-state index contributed by atoms with van der Waals surface area (Å²) in [4.78, 5) is 12.2. The molecule has 0 radical (unpaired) electrons. The molecule has 0 aliphatic heterocycles. The van der Waals surface area contributed by atoms with Crippen molar-refractivity contribution >= 4 is 5.91 Å². The first-order valence-corrected chi connectivity index (χ1v) is 6.61. The average Bonchev–Trinajstić information content (AvgIpc) is 2.38. The Bertz CT molecular complexity index is 637. The van der Waals surface area contributed by atoms with Crippen molar-refractivity contribution in [3.05, 3.63) is 70.5 Å². The highest BCUT2D eigenvalue weighted by atomic mass is 19.1. The summed E-state index contributed by atoms with van der Waals surface area (Å²) >= 11 is 0. The lowest BCUT2D eigenvalue weighted by Crippen LogP contribution is -2.27. The molecule has 0 bridgehead atoms. The molecule has 0 aromatic heterocycles. The molecule has 1 atom stereocenters. The second-order valence-corrected chi connectivity index (χ2v) is 5.01. The number of halogens is 1. The van der Waals surface area contributed by atoms with E-state index in [4.69, 9.17) is 0 Å². The molecular formula is C17H18FNO. The molecule has 3 heteroatoms. The van der Waals surface area contributed by atoms with E-state index in [1.54, 1.807) is 6.92 Å². The van der Waals surface area contributed by atoms with Gasteiger partial charge in [-0.15, -0.1) is 0 Å². The van der Waals surface area contributed by atoms with Crippen molar-refractivity contribution in [2.75, 3.05) is 0 Å². The van der Waals surface area contributed by atoms with Crippen LogP contribution < -0.4 is 5.32 Å². The van der Waals surface area contributed by atoms with Gasteiger partial charge in [-0.3, -0.25) is 4.79 Å². The Hall–Kier alpha value is -2.16. The van der Waals surface area contributed by atoms with Crippen LogP contribution in [0.25, 0.3) is 0 Å². The van der Waals surface area contributed by atoms with Crippen LogP contribution in [0.15, 0.2) is 42.5 Å². The van der Waals surface area contributed by atoms with E-state index in [0.29, 0.717) is 11.1 Å². The van der Waals surface area contributed by atoms with Crippen LogP contribution in [0.5, 0.6) is 0 Å². The molecule has 0 fully saturated rings. The van der Waals surface area contributed by atoms with Crippen LogP contribution in [0.4, 0.5) is 4.39 Å². The third kappa shape index (κ3) is 3.05. The number of aryl methyl sites for hydroxylation is 2. The quantitative estimate of drug-likeness (QED) is 0.900. The molecule has 1 unspecified atom stereocenters. The zero-order valence-corrected chi connectivity index (χ0v) is 11.9. The lowest BCUT2D eigenvalue weighted by atomic mass is 10.0. The summed E-state index contributed by atoms with van der Waals surface area (Å²) in [6.45, 7) is 5.69. The van der Waals surface area contributed by atoms with Crippen molar-refractivity contribution in [3.8, 4) is 0 Å².